The number of aromatic nitrogens is 6. The summed E-state index contributed by atoms with van der Waals surface area (Å²) in [6, 6.07) is 13.3. The number of fused-ring (bicyclic) bond motifs is 1. The first-order valence-corrected chi connectivity index (χ1v) is 9.42. The first-order chi connectivity index (χ1) is 13.3. The van der Waals surface area contributed by atoms with Crippen LogP contribution in [0.15, 0.2) is 60.1 Å². The van der Waals surface area contributed by atoms with Crippen LogP contribution in [0.25, 0.3) is 5.65 Å². The van der Waals surface area contributed by atoms with Crippen molar-refractivity contribution in [3.63, 3.8) is 0 Å². The Balaban J connectivity index is 1.29. The van der Waals surface area contributed by atoms with E-state index in [2.05, 4.69) is 30.7 Å². The summed E-state index contributed by atoms with van der Waals surface area (Å²) in [5.74, 6) is 1.49. The number of thioether (sulfide) groups is 1. The number of benzene rings is 1. The van der Waals surface area contributed by atoms with Crippen molar-refractivity contribution in [2.24, 2.45) is 0 Å². The molecule has 0 aliphatic carbocycles. The van der Waals surface area contributed by atoms with E-state index in [1.165, 1.54) is 6.33 Å². The van der Waals surface area contributed by atoms with Gasteiger partial charge in [0.15, 0.2) is 10.8 Å². The number of aromatic amines is 1. The first kappa shape index (κ1) is 17.2. The van der Waals surface area contributed by atoms with Crippen molar-refractivity contribution >= 4 is 23.3 Å². The quantitative estimate of drug-likeness (QED) is 0.477. The van der Waals surface area contributed by atoms with E-state index in [4.69, 9.17) is 0 Å². The van der Waals surface area contributed by atoms with Gasteiger partial charge in [-0.2, -0.15) is 5.10 Å². The molecule has 8 nitrogen and oxygen atoms in total. The van der Waals surface area contributed by atoms with Crippen LogP contribution in [0.3, 0.4) is 0 Å². The highest BCUT2D eigenvalue weighted by Gasteiger charge is 2.08. The summed E-state index contributed by atoms with van der Waals surface area (Å²) in [4.78, 5) is 16.4. The number of hydrogen-bond donors (Lipinski definition) is 2. The summed E-state index contributed by atoms with van der Waals surface area (Å²) in [6.07, 6.45) is 4.02. The number of nitrogens with one attached hydrogen (secondary N) is 2. The summed E-state index contributed by atoms with van der Waals surface area (Å²) < 4.78 is 1.92. The van der Waals surface area contributed by atoms with E-state index in [-0.39, 0.29) is 5.91 Å². The molecule has 27 heavy (non-hydrogen) atoms. The predicted molar refractivity (Wildman–Crippen MR) is 101 cm³/mol. The van der Waals surface area contributed by atoms with Crippen LogP contribution in [-0.4, -0.2) is 42.2 Å². The lowest BCUT2D eigenvalue weighted by Crippen LogP contribution is -2.26. The summed E-state index contributed by atoms with van der Waals surface area (Å²) >= 11 is 1.56. The minimum atomic E-state index is -0.0988. The Kier molecular flexibility index (Phi) is 5.10. The number of H-pyrrole nitrogens is 1. The molecule has 9 heteroatoms. The molecule has 1 aromatic carbocycles. The molecule has 0 atom stereocenters. The van der Waals surface area contributed by atoms with Gasteiger partial charge in [-0.3, -0.25) is 14.3 Å². The molecule has 0 fully saturated rings. The molecule has 0 saturated carbocycles. The average Bonchev–Trinajstić information content (AvgIpc) is 3.37. The number of rotatable bonds is 7. The van der Waals surface area contributed by atoms with Gasteiger partial charge in [-0.05, 0) is 29.8 Å². The van der Waals surface area contributed by atoms with Crippen molar-refractivity contribution in [1.29, 1.82) is 0 Å². The highest BCUT2D eigenvalue weighted by atomic mass is 32.2. The Bertz CT molecular complexity index is 1030. The molecule has 3 heterocycles. The number of hydrogen-bond acceptors (Lipinski definition) is 6. The lowest BCUT2D eigenvalue weighted by Gasteiger charge is -2.06. The molecule has 0 radical (unpaired) electrons. The Morgan fingerprint density at radius 1 is 1.15 bits per heavy atom. The third kappa shape index (κ3) is 4.14. The zero-order valence-electron chi connectivity index (χ0n) is 14.4. The molecular weight excluding hydrogens is 362 g/mol. The second-order valence-corrected chi connectivity index (χ2v) is 6.79. The standard InChI is InChI=1S/C18H17N7OS/c26-17(19-9-8-16-23-22-15-3-1-2-10-25(15)16)14-6-4-13(5-7-14)11-27-18-20-12-21-24-18/h1-7,10,12H,8-9,11H2,(H,19,26)(H,20,21,24). The van der Waals surface area contributed by atoms with Gasteiger partial charge in [-0.1, -0.05) is 30.0 Å². The molecule has 0 aliphatic heterocycles. The van der Waals surface area contributed by atoms with Crippen molar-refractivity contribution in [2.45, 2.75) is 17.3 Å². The second-order valence-electron chi connectivity index (χ2n) is 5.83. The van der Waals surface area contributed by atoms with Crippen molar-refractivity contribution in [2.75, 3.05) is 6.54 Å². The Hall–Kier alpha value is -3.20. The minimum absolute atomic E-state index is 0.0988. The molecular formula is C18H17N7OS. The van der Waals surface area contributed by atoms with Gasteiger partial charge in [0, 0.05) is 30.5 Å². The van der Waals surface area contributed by atoms with E-state index in [0.29, 0.717) is 18.5 Å². The summed E-state index contributed by atoms with van der Waals surface area (Å²) in [6.45, 7) is 0.498. The van der Waals surface area contributed by atoms with Crippen LogP contribution in [0.5, 0.6) is 0 Å². The van der Waals surface area contributed by atoms with E-state index in [9.17, 15) is 4.79 Å². The maximum absolute atomic E-state index is 12.3. The highest BCUT2D eigenvalue weighted by molar-refractivity contribution is 7.98. The Morgan fingerprint density at radius 3 is 2.85 bits per heavy atom. The SMILES string of the molecule is O=C(NCCc1nnc2ccccn12)c1ccc(CSc2ncn[nH]2)cc1. The molecule has 4 aromatic rings. The lowest BCUT2D eigenvalue weighted by molar-refractivity contribution is 0.0954. The average molecular weight is 379 g/mol. The van der Waals surface area contributed by atoms with Gasteiger partial charge in [-0.15, -0.1) is 10.2 Å². The van der Waals surface area contributed by atoms with E-state index in [0.717, 1.165) is 27.9 Å². The van der Waals surface area contributed by atoms with Gasteiger partial charge < -0.3 is 5.32 Å². The molecule has 3 aromatic heterocycles. The normalized spacial score (nSPS) is 11.0. The summed E-state index contributed by atoms with van der Waals surface area (Å²) in [5.41, 5.74) is 2.55. The van der Waals surface area contributed by atoms with Crippen LogP contribution >= 0.6 is 11.8 Å². The molecule has 0 spiro atoms. The van der Waals surface area contributed by atoms with Crippen LogP contribution in [-0.2, 0) is 12.2 Å². The molecule has 2 N–H and O–H groups in total. The predicted octanol–water partition coefficient (Wildman–Crippen LogP) is 2.11. The third-order valence-corrected chi connectivity index (χ3v) is 4.95. The van der Waals surface area contributed by atoms with E-state index >= 15 is 0 Å². The Labute approximate surface area is 159 Å². The van der Waals surface area contributed by atoms with E-state index in [1.54, 1.807) is 11.8 Å². The van der Waals surface area contributed by atoms with Crippen LogP contribution in [0, 0.1) is 0 Å². The molecule has 136 valence electrons. The Morgan fingerprint density at radius 2 is 2.04 bits per heavy atom. The van der Waals surface area contributed by atoms with E-state index in [1.807, 2.05) is 53.1 Å². The van der Waals surface area contributed by atoms with Gasteiger partial charge in [0.05, 0.1) is 0 Å². The number of pyridine rings is 1. The monoisotopic (exact) mass is 379 g/mol. The van der Waals surface area contributed by atoms with Gasteiger partial charge in [0.2, 0.25) is 0 Å². The van der Waals surface area contributed by atoms with Gasteiger partial charge in [0.1, 0.15) is 12.2 Å². The van der Waals surface area contributed by atoms with Crippen LogP contribution < -0.4 is 5.32 Å². The first-order valence-electron chi connectivity index (χ1n) is 8.43. The summed E-state index contributed by atoms with van der Waals surface area (Å²) in [5, 5.41) is 18.6. The number of nitrogens with zero attached hydrogens (tertiary/aromatic N) is 5. The van der Waals surface area contributed by atoms with Gasteiger partial charge in [0.25, 0.3) is 5.91 Å². The smallest absolute Gasteiger partial charge is 0.251 e. The molecule has 0 unspecified atom stereocenters. The maximum atomic E-state index is 12.3. The molecule has 1 amide bonds. The number of carbonyl (C=O) groups excluding carboxylic acids is 1. The van der Waals surface area contributed by atoms with Gasteiger partial charge in [-0.25, -0.2) is 4.98 Å². The fraction of sp³-hybridized carbons (Fsp3) is 0.167. The van der Waals surface area contributed by atoms with Gasteiger partial charge >= 0.3 is 0 Å². The number of carbonyl (C=O) groups is 1. The summed E-state index contributed by atoms with van der Waals surface area (Å²) in [7, 11) is 0. The highest BCUT2D eigenvalue weighted by Crippen LogP contribution is 2.18. The fourth-order valence-electron chi connectivity index (χ4n) is 2.62. The second kappa shape index (κ2) is 8.00. The molecule has 4 rings (SSSR count). The molecule has 0 saturated heterocycles. The maximum Gasteiger partial charge on any atom is 0.251 e. The topological polar surface area (TPSA) is 101 Å². The fourth-order valence-corrected chi connectivity index (χ4v) is 3.35. The van der Waals surface area contributed by atoms with E-state index < -0.39 is 0 Å². The molecule has 0 aliphatic rings. The van der Waals surface area contributed by atoms with Crippen molar-refractivity contribution in [1.82, 2.24) is 35.1 Å². The van der Waals surface area contributed by atoms with Crippen molar-refractivity contribution in [3.8, 4) is 0 Å². The van der Waals surface area contributed by atoms with Crippen LogP contribution in [0.4, 0.5) is 0 Å². The lowest BCUT2D eigenvalue weighted by atomic mass is 10.1. The number of amides is 1. The minimum Gasteiger partial charge on any atom is -0.352 e. The van der Waals surface area contributed by atoms with Crippen molar-refractivity contribution in [3.05, 3.63) is 71.9 Å². The largest absolute Gasteiger partial charge is 0.352 e. The zero-order valence-corrected chi connectivity index (χ0v) is 15.2. The van der Waals surface area contributed by atoms with Crippen molar-refractivity contribution < 1.29 is 4.79 Å². The van der Waals surface area contributed by atoms with Crippen LogP contribution in [0.2, 0.25) is 0 Å². The molecule has 0 bridgehead atoms. The zero-order chi connectivity index (χ0) is 18.5. The third-order valence-electron chi connectivity index (χ3n) is 4.00. The van der Waals surface area contributed by atoms with Crippen LogP contribution in [0.1, 0.15) is 21.7 Å².